The first-order chi connectivity index (χ1) is 14.9. The number of ether oxygens (including phenoxy) is 2. The zero-order valence-electron chi connectivity index (χ0n) is 16.9. The molecular weight excluding hydrogens is 414 g/mol. The van der Waals surface area contributed by atoms with Crippen LogP contribution in [0.4, 0.5) is 0 Å². The predicted molar refractivity (Wildman–Crippen MR) is 119 cm³/mol. The van der Waals surface area contributed by atoms with Gasteiger partial charge in [0, 0.05) is 10.6 Å². The molecule has 1 heterocycles. The molecule has 1 aliphatic heterocycles. The summed E-state index contributed by atoms with van der Waals surface area (Å²) in [5.41, 5.74) is 3.81. The molecule has 0 saturated heterocycles. The molecule has 0 aromatic heterocycles. The first kappa shape index (κ1) is 20.6. The summed E-state index contributed by atoms with van der Waals surface area (Å²) in [5.74, 6) is -0.346. The Morgan fingerprint density at radius 3 is 2.45 bits per heavy atom. The Morgan fingerprint density at radius 2 is 1.74 bits per heavy atom. The van der Waals surface area contributed by atoms with Gasteiger partial charge in [0.1, 0.15) is 5.75 Å². The summed E-state index contributed by atoms with van der Waals surface area (Å²) in [5, 5.41) is 0.574. The van der Waals surface area contributed by atoms with Crippen molar-refractivity contribution in [2.24, 2.45) is 4.99 Å². The predicted octanol–water partition coefficient (Wildman–Crippen LogP) is 5.52. The molecule has 0 fully saturated rings. The molecule has 0 unspecified atom stereocenters. The monoisotopic (exact) mass is 431 g/mol. The van der Waals surface area contributed by atoms with Gasteiger partial charge in [-0.25, -0.2) is 14.6 Å². The first-order valence-corrected chi connectivity index (χ1v) is 9.95. The zero-order valence-corrected chi connectivity index (χ0v) is 17.6. The molecule has 5 nitrogen and oxygen atoms in total. The highest BCUT2D eigenvalue weighted by Gasteiger charge is 2.24. The Morgan fingerprint density at radius 1 is 1.00 bits per heavy atom. The molecule has 0 radical (unpaired) electrons. The minimum absolute atomic E-state index is 0.177. The van der Waals surface area contributed by atoms with Gasteiger partial charge in [0.25, 0.3) is 0 Å². The van der Waals surface area contributed by atoms with Crippen molar-refractivity contribution < 1.29 is 19.1 Å². The molecule has 0 amide bonds. The van der Waals surface area contributed by atoms with Gasteiger partial charge < -0.3 is 9.47 Å². The number of benzene rings is 3. The molecule has 3 aromatic carbocycles. The highest BCUT2D eigenvalue weighted by molar-refractivity contribution is 6.31. The maximum absolute atomic E-state index is 12.3. The second-order valence-corrected chi connectivity index (χ2v) is 7.48. The second kappa shape index (κ2) is 8.58. The fraction of sp³-hybridized carbons (Fsp3) is 0.0800. The average Bonchev–Trinajstić information content (AvgIpc) is 3.12. The van der Waals surface area contributed by atoms with Crippen LogP contribution in [0.25, 0.3) is 6.08 Å². The van der Waals surface area contributed by atoms with Crippen molar-refractivity contribution in [2.75, 3.05) is 0 Å². The van der Waals surface area contributed by atoms with E-state index in [9.17, 15) is 9.59 Å². The number of esters is 2. The fourth-order valence-corrected chi connectivity index (χ4v) is 3.19. The third-order valence-electron chi connectivity index (χ3n) is 4.80. The summed E-state index contributed by atoms with van der Waals surface area (Å²) in [6.45, 7) is 3.74. The molecule has 154 valence electrons. The summed E-state index contributed by atoms with van der Waals surface area (Å²) in [4.78, 5) is 28.8. The van der Waals surface area contributed by atoms with Crippen LogP contribution in [-0.2, 0) is 9.53 Å². The van der Waals surface area contributed by atoms with Crippen molar-refractivity contribution in [3.8, 4) is 5.75 Å². The number of hydrogen-bond acceptors (Lipinski definition) is 5. The smallest absolute Gasteiger partial charge is 0.363 e. The van der Waals surface area contributed by atoms with E-state index in [4.69, 9.17) is 21.1 Å². The van der Waals surface area contributed by atoms with Crippen LogP contribution in [0.15, 0.2) is 77.4 Å². The molecule has 4 rings (SSSR count). The van der Waals surface area contributed by atoms with Crippen LogP contribution >= 0.6 is 11.6 Å². The van der Waals surface area contributed by atoms with Crippen LogP contribution in [0.3, 0.4) is 0 Å². The van der Waals surface area contributed by atoms with E-state index in [2.05, 4.69) is 4.99 Å². The summed E-state index contributed by atoms with van der Waals surface area (Å²) < 4.78 is 10.7. The van der Waals surface area contributed by atoms with E-state index in [1.807, 2.05) is 32.0 Å². The van der Waals surface area contributed by atoms with Crippen molar-refractivity contribution >= 4 is 35.5 Å². The minimum Gasteiger partial charge on any atom is -0.423 e. The topological polar surface area (TPSA) is 65.0 Å². The van der Waals surface area contributed by atoms with Crippen molar-refractivity contribution in [1.82, 2.24) is 0 Å². The minimum atomic E-state index is -0.540. The van der Waals surface area contributed by atoms with Gasteiger partial charge >= 0.3 is 11.9 Å². The molecular formula is C25H18ClNO4. The standard InChI is InChI=1S/C25H18ClNO4/c1-15-5-3-4-6-20(15)24(28)30-19-11-8-17(9-12-19)13-22-25(29)31-23(27-22)18-10-7-16(2)21(26)14-18/h3-14H,1-2H3/b22-13-. The second-order valence-electron chi connectivity index (χ2n) is 7.07. The molecule has 0 saturated carbocycles. The normalized spacial score (nSPS) is 14.4. The fourth-order valence-electron chi connectivity index (χ4n) is 3.01. The van der Waals surface area contributed by atoms with Gasteiger partial charge in [-0.1, -0.05) is 48.0 Å². The number of hydrogen-bond donors (Lipinski definition) is 0. The lowest BCUT2D eigenvalue weighted by Gasteiger charge is -2.06. The summed E-state index contributed by atoms with van der Waals surface area (Å²) in [7, 11) is 0. The van der Waals surface area contributed by atoms with Crippen LogP contribution in [0.5, 0.6) is 5.75 Å². The molecule has 0 atom stereocenters. The number of aryl methyl sites for hydroxylation is 2. The Labute approximate surface area is 184 Å². The Bertz CT molecular complexity index is 1240. The molecule has 0 N–H and O–H groups in total. The molecule has 31 heavy (non-hydrogen) atoms. The molecule has 0 bridgehead atoms. The highest BCUT2D eigenvalue weighted by atomic mass is 35.5. The number of cyclic esters (lactones) is 1. The van der Waals surface area contributed by atoms with Crippen molar-refractivity contribution in [3.63, 3.8) is 0 Å². The van der Waals surface area contributed by atoms with Crippen LogP contribution in [0, 0.1) is 13.8 Å². The van der Waals surface area contributed by atoms with Crippen LogP contribution in [0.2, 0.25) is 5.02 Å². The third kappa shape index (κ3) is 4.57. The van der Waals surface area contributed by atoms with Crippen molar-refractivity contribution in [1.29, 1.82) is 0 Å². The maximum atomic E-state index is 12.3. The van der Waals surface area contributed by atoms with E-state index in [-0.39, 0.29) is 11.6 Å². The lowest BCUT2D eigenvalue weighted by molar-refractivity contribution is -0.129. The SMILES string of the molecule is Cc1ccc(C2=N/C(=C\c3ccc(OC(=O)c4ccccc4C)cc3)C(=O)O2)cc1Cl. The van der Waals surface area contributed by atoms with Crippen molar-refractivity contribution in [3.05, 3.63) is 105 Å². The Balaban J connectivity index is 1.50. The van der Waals surface area contributed by atoms with Gasteiger partial charge in [0.2, 0.25) is 5.90 Å². The number of rotatable bonds is 4. The maximum Gasteiger partial charge on any atom is 0.363 e. The van der Waals surface area contributed by atoms with E-state index >= 15 is 0 Å². The van der Waals surface area contributed by atoms with E-state index in [0.717, 1.165) is 16.7 Å². The zero-order chi connectivity index (χ0) is 22.0. The molecule has 3 aromatic rings. The average molecular weight is 432 g/mol. The number of carbonyl (C=O) groups excluding carboxylic acids is 2. The van der Waals surface area contributed by atoms with E-state index in [0.29, 0.717) is 21.9 Å². The van der Waals surface area contributed by atoms with Crippen LogP contribution < -0.4 is 4.74 Å². The lowest BCUT2D eigenvalue weighted by Crippen LogP contribution is -2.09. The lowest BCUT2D eigenvalue weighted by atomic mass is 10.1. The summed E-state index contributed by atoms with van der Waals surface area (Å²) >= 11 is 6.15. The van der Waals surface area contributed by atoms with Gasteiger partial charge in [-0.2, -0.15) is 0 Å². The molecule has 0 spiro atoms. The van der Waals surface area contributed by atoms with Gasteiger partial charge in [-0.3, -0.25) is 0 Å². The number of halogens is 1. The van der Waals surface area contributed by atoms with Crippen LogP contribution in [0.1, 0.15) is 32.6 Å². The van der Waals surface area contributed by atoms with E-state index in [1.54, 1.807) is 54.6 Å². The van der Waals surface area contributed by atoms with Gasteiger partial charge in [0.05, 0.1) is 5.56 Å². The molecule has 0 aliphatic carbocycles. The largest absolute Gasteiger partial charge is 0.423 e. The summed E-state index contributed by atoms with van der Waals surface area (Å²) in [6.07, 6.45) is 1.61. The third-order valence-corrected chi connectivity index (χ3v) is 5.21. The highest BCUT2D eigenvalue weighted by Crippen LogP contribution is 2.24. The number of carbonyl (C=O) groups is 2. The first-order valence-electron chi connectivity index (χ1n) is 9.58. The Kier molecular flexibility index (Phi) is 5.69. The summed E-state index contributed by atoms with van der Waals surface area (Å²) in [6, 6.07) is 19.4. The van der Waals surface area contributed by atoms with Gasteiger partial charge in [-0.05, 0) is 66.9 Å². The van der Waals surface area contributed by atoms with Gasteiger partial charge in [0.15, 0.2) is 5.70 Å². The van der Waals surface area contributed by atoms with Crippen LogP contribution in [-0.4, -0.2) is 17.8 Å². The van der Waals surface area contributed by atoms with Gasteiger partial charge in [-0.15, -0.1) is 0 Å². The van der Waals surface area contributed by atoms with E-state index in [1.165, 1.54) is 0 Å². The van der Waals surface area contributed by atoms with Crippen molar-refractivity contribution in [2.45, 2.75) is 13.8 Å². The quantitative estimate of drug-likeness (QED) is 0.310. The van der Waals surface area contributed by atoms with E-state index < -0.39 is 11.9 Å². The Hall–Kier alpha value is -3.70. The molecule has 1 aliphatic rings. The number of aliphatic imine (C=N–C) groups is 1. The number of nitrogens with zero attached hydrogens (tertiary/aromatic N) is 1. The molecule has 6 heteroatoms.